The van der Waals surface area contributed by atoms with E-state index in [-0.39, 0.29) is 18.9 Å². The lowest BCUT2D eigenvalue weighted by atomic mass is 9.97. The minimum Gasteiger partial charge on any atom is -0.394 e. The maximum Gasteiger partial charge on any atom is 0.220 e. The van der Waals surface area contributed by atoms with Gasteiger partial charge in [0, 0.05) is 6.42 Å². The number of ether oxygens (including phenoxy) is 4. The van der Waals surface area contributed by atoms with Crippen LogP contribution >= 0.6 is 0 Å². The van der Waals surface area contributed by atoms with Gasteiger partial charge in [0.25, 0.3) is 0 Å². The van der Waals surface area contributed by atoms with Crippen molar-refractivity contribution in [3.63, 3.8) is 0 Å². The van der Waals surface area contributed by atoms with Crippen LogP contribution in [0.4, 0.5) is 0 Å². The largest absolute Gasteiger partial charge is 0.394 e. The van der Waals surface area contributed by atoms with E-state index < -0.39 is 86.8 Å². The molecular formula is C90H157NO13. The lowest BCUT2D eigenvalue weighted by molar-refractivity contribution is -0.359. The fraction of sp³-hybridized carbons (Fsp3) is 0.767. The van der Waals surface area contributed by atoms with Crippen molar-refractivity contribution in [2.75, 3.05) is 19.8 Å². The van der Waals surface area contributed by atoms with Gasteiger partial charge in [-0.25, -0.2) is 0 Å². The summed E-state index contributed by atoms with van der Waals surface area (Å²) in [5.41, 5.74) is 0. The first-order chi connectivity index (χ1) is 51.1. The predicted octanol–water partition coefficient (Wildman–Crippen LogP) is 20.4. The summed E-state index contributed by atoms with van der Waals surface area (Å²) in [5, 5.41) is 87.8. The van der Waals surface area contributed by atoms with Crippen molar-refractivity contribution in [3.05, 3.63) is 122 Å². The Bertz CT molecular complexity index is 2220. The molecular weight excluding hydrogens is 1300 g/mol. The quantitative estimate of drug-likeness (QED) is 0.0204. The van der Waals surface area contributed by atoms with Gasteiger partial charge >= 0.3 is 0 Å². The van der Waals surface area contributed by atoms with Gasteiger partial charge in [0.15, 0.2) is 12.6 Å². The highest BCUT2D eigenvalue weighted by atomic mass is 16.7. The van der Waals surface area contributed by atoms with Gasteiger partial charge < -0.3 is 65.1 Å². The summed E-state index contributed by atoms with van der Waals surface area (Å²) in [6.45, 7) is 2.71. The molecule has 600 valence electrons. The highest BCUT2D eigenvalue weighted by Gasteiger charge is 2.51. The molecule has 2 heterocycles. The van der Waals surface area contributed by atoms with Crippen molar-refractivity contribution < 1.29 is 64.6 Å². The number of carbonyl (C=O) groups is 1. The molecule has 0 bridgehead atoms. The number of amides is 1. The second-order valence-electron chi connectivity index (χ2n) is 29.6. The van der Waals surface area contributed by atoms with E-state index in [1.807, 2.05) is 6.08 Å². The molecule has 1 amide bonds. The Labute approximate surface area is 635 Å². The Kier molecular flexibility index (Phi) is 67.0. The molecule has 2 saturated heterocycles. The normalized spacial score (nSPS) is 22.1. The fourth-order valence-corrected chi connectivity index (χ4v) is 13.4. The van der Waals surface area contributed by atoms with Gasteiger partial charge in [0.05, 0.1) is 32.0 Å². The van der Waals surface area contributed by atoms with Crippen LogP contribution in [0.5, 0.6) is 0 Å². The first kappa shape index (κ1) is 96.5. The third kappa shape index (κ3) is 54.1. The number of allylic oxidation sites excluding steroid dienone is 19. The van der Waals surface area contributed by atoms with E-state index in [0.717, 1.165) is 89.9 Å². The Morgan fingerprint density at radius 2 is 0.673 bits per heavy atom. The zero-order valence-electron chi connectivity index (χ0n) is 66.0. The minimum atomic E-state index is -1.80. The zero-order valence-corrected chi connectivity index (χ0v) is 66.0. The molecule has 0 saturated carbocycles. The second kappa shape index (κ2) is 72.3. The molecule has 2 aliphatic rings. The first-order valence-electron chi connectivity index (χ1n) is 42.8. The SMILES string of the molecule is CC/C=C\C/C=C\C/C=C\C/C=C\C/C=C\C/C=C\C/C=C\C/C=C\CCCCCCCCCCCCCCC(=O)NC(COC1OC(CO)C(OC2OC(CO)C(O)C(O)C2O)C(O)C1O)C(O)/C=C/CC/C=C/CCCCCCCCCCCCCCCCCCCCCCCCCCCCC. The van der Waals surface area contributed by atoms with Gasteiger partial charge in [0.2, 0.25) is 5.91 Å². The number of aliphatic hydroxyl groups excluding tert-OH is 8. The monoisotopic (exact) mass is 1460 g/mol. The number of nitrogens with one attached hydrogen (secondary N) is 1. The van der Waals surface area contributed by atoms with Crippen LogP contribution in [0.1, 0.15) is 348 Å². The number of hydrogen-bond acceptors (Lipinski definition) is 13. The van der Waals surface area contributed by atoms with Crippen molar-refractivity contribution in [3.8, 4) is 0 Å². The fourth-order valence-electron chi connectivity index (χ4n) is 13.4. The molecule has 0 aromatic rings. The van der Waals surface area contributed by atoms with Crippen molar-refractivity contribution in [1.29, 1.82) is 0 Å². The molecule has 12 atom stereocenters. The number of aliphatic hydroxyl groups is 8. The van der Waals surface area contributed by atoms with E-state index in [4.69, 9.17) is 18.9 Å². The molecule has 9 N–H and O–H groups in total. The van der Waals surface area contributed by atoms with Gasteiger partial charge in [-0.1, -0.05) is 367 Å². The predicted molar refractivity (Wildman–Crippen MR) is 433 cm³/mol. The third-order valence-corrected chi connectivity index (χ3v) is 20.1. The third-order valence-electron chi connectivity index (χ3n) is 20.1. The van der Waals surface area contributed by atoms with Crippen LogP contribution in [0.15, 0.2) is 122 Å². The zero-order chi connectivity index (χ0) is 75.1. The molecule has 0 radical (unpaired) electrons. The van der Waals surface area contributed by atoms with Crippen LogP contribution < -0.4 is 5.32 Å². The summed E-state index contributed by atoms with van der Waals surface area (Å²) in [6, 6.07) is -0.943. The summed E-state index contributed by atoms with van der Waals surface area (Å²) in [6.07, 6.45) is 90.1. The summed E-state index contributed by atoms with van der Waals surface area (Å²) in [5.74, 6) is -0.252. The highest BCUT2D eigenvalue weighted by molar-refractivity contribution is 5.76. The highest BCUT2D eigenvalue weighted by Crippen LogP contribution is 2.30. The van der Waals surface area contributed by atoms with Crippen LogP contribution in [0.3, 0.4) is 0 Å². The summed E-state index contributed by atoms with van der Waals surface area (Å²) in [4.78, 5) is 13.4. The standard InChI is InChI=1S/C90H157NO13/c1-3-5-7-9-11-13-15-17-19-21-23-25-27-29-31-33-35-37-38-39-40-42-44-46-48-50-52-54-56-58-60-62-64-66-68-70-72-74-82(95)91-78(77-101-89-87(100)85(98)88(81(76-93)103-89)104-90-86(99)84(97)83(96)80(75-92)102-90)79(94)73-71-69-67-65-63-61-59-57-55-53-51-49-47-45-43-41-36-34-32-30-28-26-24-22-20-18-16-14-12-10-8-6-4-2/h5,7,11,13,17,19,23,25,29,31,35,37,39-40,44,46,63,65,71,73,78-81,83-90,92-94,96-100H,3-4,6,8-10,12,14-16,18,20-22,24,26-28,30,32-34,36,38,41-43,45,47-62,64,66-70,72,74-77H2,1-2H3,(H,91,95)/b7-5-,13-11-,19-17-,25-23-,31-29-,37-35-,40-39-,46-44-,65-63+,73-71+. The molecule has 14 heteroatoms. The Morgan fingerprint density at radius 3 is 1.06 bits per heavy atom. The first-order valence-corrected chi connectivity index (χ1v) is 42.8. The van der Waals surface area contributed by atoms with E-state index >= 15 is 0 Å². The van der Waals surface area contributed by atoms with Crippen molar-refractivity contribution in [1.82, 2.24) is 5.32 Å². The second-order valence-corrected chi connectivity index (χ2v) is 29.6. The molecule has 0 aromatic carbocycles. The Morgan fingerprint density at radius 1 is 0.356 bits per heavy atom. The number of hydrogen-bond donors (Lipinski definition) is 9. The van der Waals surface area contributed by atoms with Crippen molar-refractivity contribution >= 4 is 5.91 Å². The van der Waals surface area contributed by atoms with E-state index in [1.165, 1.54) is 225 Å². The molecule has 14 nitrogen and oxygen atoms in total. The van der Waals surface area contributed by atoms with Gasteiger partial charge in [-0.05, 0) is 96.3 Å². The van der Waals surface area contributed by atoms with E-state index in [2.05, 4.69) is 129 Å². The van der Waals surface area contributed by atoms with Crippen LogP contribution in [-0.4, -0.2) is 140 Å². The Hall–Kier alpha value is -3.61. The smallest absolute Gasteiger partial charge is 0.220 e. The lowest BCUT2D eigenvalue weighted by Gasteiger charge is -2.46. The topological polar surface area (TPSA) is 228 Å². The van der Waals surface area contributed by atoms with Gasteiger partial charge in [0.1, 0.15) is 48.8 Å². The number of unbranched alkanes of at least 4 members (excludes halogenated alkanes) is 40. The van der Waals surface area contributed by atoms with Gasteiger partial charge in [-0.15, -0.1) is 0 Å². The molecule has 2 rings (SSSR count). The number of carbonyl (C=O) groups excluding carboxylic acids is 1. The average molecular weight is 1460 g/mol. The van der Waals surface area contributed by atoms with Crippen molar-refractivity contribution in [2.24, 2.45) is 0 Å². The molecule has 0 aliphatic carbocycles. The molecule has 12 unspecified atom stereocenters. The van der Waals surface area contributed by atoms with Crippen molar-refractivity contribution in [2.45, 2.75) is 421 Å². The van der Waals surface area contributed by atoms with E-state index in [9.17, 15) is 45.6 Å². The maximum atomic E-state index is 13.4. The van der Waals surface area contributed by atoms with Crippen LogP contribution in [-0.2, 0) is 23.7 Å². The minimum absolute atomic E-state index is 0.252. The van der Waals surface area contributed by atoms with E-state index in [0.29, 0.717) is 12.8 Å². The van der Waals surface area contributed by atoms with Gasteiger partial charge in [-0.3, -0.25) is 4.79 Å². The van der Waals surface area contributed by atoms with Gasteiger partial charge in [-0.2, -0.15) is 0 Å². The number of rotatable bonds is 71. The van der Waals surface area contributed by atoms with Crippen LogP contribution in [0.2, 0.25) is 0 Å². The average Bonchev–Trinajstić information content (AvgIpc) is 0.790. The Balaban J connectivity index is 1.62. The molecule has 0 spiro atoms. The van der Waals surface area contributed by atoms with Crippen LogP contribution in [0, 0.1) is 0 Å². The van der Waals surface area contributed by atoms with Crippen LogP contribution in [0.25, 0.3) is 0 Å². The molecule has 104 heavy (non-hydrogen) atoms. The maximum absolute atomic E-state index is 13.4. The molecule has 0 aromatic heterocycles. The lowest BCUT2D eigenvalue weighted by Crippen LogP contribution is -2.65. The van der Waals surface area contributed by atoms with E-state index in [1.54, 1.807) is 6.08 Å². The summed E-state index contributed by atoms with van der Waals surface area (Å²) >= 11 is 0. The molecule has 2 aliphatic heterocycles. The summed E-state index contributed by atoms with van der Waals surface area (Å²) in [7, 11) is 0. The summed E-state index contributed by atoms with van der Waals surface area (Å²) < 4.78 is 22.9. The molecule has 2 fully saturated rings.